The Morgan fingerprint density at radius 3 is 2.47 bits per heavy atom. The number of benzene rings is 1. The van der Waals surface area contributed by atoms with Crippen LogP contribution in [0.25, 0.3) is 0 Å². The Bertz CT molecular complexity index is 319. The Kier molecular flexibility index (Phi) is 5.26. The van der Waals surface area contributed by atoms with Crippen LogP contribution in [-0.4, -0.2) is 25.5 Å². The fourth-order valence-electron chi connectivity index (χ4n) is 1.35. The third-order valence-corrected chi connectivity index (χ3v) is 3.13. The van der Waals surface area contributed by atoms with E-state index in [4.69, 9.17) is 4.74 Å². The summed E-state index contributed by atoms with van der Waals surface area (Å²) in [7, 11) is 3.53. The third kappa shape index (κ3) is 3.96. The molecule has 1 rings (SSSR count). The Balaban J connectivity index is 2.51. The molecule has 0 saturated heterocycles. The van der Waals surface area contributed by atoms with Crippen molar-refractivity contribution < 1.29 is 4.74 Å². The van der Waals surface area contributed by atoms with Crippen LogP contribution in [0.15, 0.2) is 29.3 Å². The molecule has 0 bridgehead atoms. The normalized spacial score (nSPS) is 11.5. The van der Waals surface area contributed by atoms with Gasteiger partial charge in [0.1, 0.15) is 5.75 Å². The van der Waals surface area contributed by atoms with E-state index in [1.165, 1.54) is 10.6 Å². The molecule has 0 aromatic heterocycles. The minimum atomic E-state index is 0.910. The van der Waals surface area contributed by atoms with Crippen molar-refractivity contribution in [1.29, 1.82) is 0 Å². The Morgan fingerprint density at radius 2 is 2.00 bits per heavy atom. The van der Waals surface area contributed by atoms with Crippen molar-refractivity contribution in [2.45, 2.75) is 12.8 Å². The number of hydrogen-bond acceptors (Lipinski definition) is 3. The third-order valence-electron chi connectivity index (χ3n) is 2.27. The summed E-state index contributed by atoms with van der Waals surface area (Å²) in [6.45, 7) is 0. The number of nitrogens with zero attached hydrogens (tertiary/aromatic N) is 1. The summed E-state index contributed by atoms with van der Waals surface area (Å²) in [5.74, 6) is 0.910. The van der Waals surface area contributed by atoms with Crippen LogP contribution in [0.4, 0.5) is 0 Å². The Morgan fingerprint density at radius 1 is 1.33 bits per heavy atom. The summed E-state index contributed by atoms with van der Waals surface area (Å²) < 4.78 is 5.11. The zero-order valence-electron chi connectivity index (χ0n) is 9.49. The molecule has 3 heteroatoms. The molecule has 0 N–H and O–H groups in total. The molecule has 0 aliphatic carbocycles. The number of aryl methyl sites for hydroxylation is 1. The highest BCUT2D eigenvalue weighted by Gasteiger charge is 1.98. The lowest BCUT2D eigenvalue weighted by Crippen LogP contribution is -1.95. The van der Waals surface area contributed by atoms with E-state index in [0.29, 0.717) is 0 Å². The molecular weight excluding hydrogens is 206 g/mol. The first-order valence-electron chi connectivity index (χ1n) is 4.92. The minimum Gasteiger partial charge on any atom is -0.497 e. The van der Waals surface area contributed by atoms with Gasteiger partial charge in [0.25, 0.3) is 0 Å². The van der Waals surface area contributed by atoms with Crippen molar-refractivity contribution in [3.8, 4) is 5.75 Å². The number of rotatable bonds is 4. The topological polar surface area (TPSA) is 21.6 Å². The summed E-state index contributed by atoms with van der Waals surface area (Å²) in [4.78, 5) is 4.21. The summed E-state index contributed by atoms with van der Waals surface area (Å²) in [6.07, 6.45) is 4.12. The second-order valence-electron chi connectivity index (χ2n) is 3.17. The van der Waals surface area contributed by atoms with E-state index in [2.05, 4.69) is 23.4 Å². The van der Waals surface area contributed by atoms with Crippen molar-refractivity contribution in [1.82, 2.24) is 0 Å². The fraction of sp³-hybridized carbons (Fsp3) is 0.417. The predicted octanol–water partition coefficient (Wildman–Crippen LogP) is 3.02. The smallest absolute Gasteiger partial charge is 0.118 e. The van der Waals surface area contributed by atoms with E-state index in [0.717, 1.165) is 18.6 Å². The highest BCUT2D eigenvalue weighted by molar-refractivity contribution is 8.13. The lowest BCUT2D eigenvalue weighted by atomic mass is 10.1. The first-order valence-corrected chi connectivity index (χ1v) is 6.15. The molecule has 1 aromatic carbocycles. The highest BCUT2D eigenvalue weighted by atomic mass is 32.2. The van der Waals surface area contributed by atoms with Gasteiger partial charge in [-0.25, -0.2) is 0 Å². The van der Waals surface area contributed by atoms with Gasteiger partial charge in [0.2, 0.25) is 0 Å². The van der Waals surface area contributed by atoms with Gasteiger partial charge in [-0.15, -0.1) is 11.8 Å². The first-order chi connectivity index (χ1) is 7.30. The standard InChI is InChI=1S/C12H17NOS/c1-13-12(15-3)9-6-10-4-7-11(14-2)8-5-10/h4-5,7-8H,6,9H2,1-3H3. The molecule has 0 amide bonds. The number of hydrogen-bond donors (Lipinski definition) is 0. The maximum Gasteiger partial charge on any atom is 0.118 e. The molecule has 0 heterocycles. The molecule has 2 nitrogen and oxygen atoms in total. The summed E-state index contributed by atoms with van der Waals surface area (Å²) in [5.41, 5.74) is 1.33. The summed E-state index contributed by atoms with van der Waals surface area (Å²) in [6, 6.07) is 8.20. The van der Waals surface area contributed by atoms with Crippen molar-refractivity contribution in [3.05, 3.63) is 29.8 Å². The maximum atomic E-state index is 5.11. The molecule has 15 heavy (non-hydrogen) atoms. The van der Waals surface area contributed by atoms with Crippen molar-refractivity contribution in [2.24, 2.45) is 4.99 Å². The van der Waals surface area contributed by atoms with Gasteiger partial charge in [0.15, 0.2) is 0 Å². The fourth-order valence-corrected chi connectivity index (χ4v) is 1.84. The lowest BCUT2D eigenvalue weighted by Gasteiger charge is -2.04. The molecule has 1 aromatic rings. The SMILES string of the molecule is CN=C(CCc1ccc(OC)cc1)SC. The van der Waals surface area contributed by atoms with Crippen LogP contribution in [0, 0.1) is 0 Å². The van der Waals surface area contributed by atoms with Crippen LogP contribution < -0.4 is 4.74 Å². The second kappa shape index (κ2) is 6.51. The van der Waals surface area contributed by atoms with Gasteiger partial charge < -0.3 is 4.74 Å². The number of methoxy groups -OCH3 is 1. The molecule has 82 valence electrons. The quantitative estimate of drug-likeness (QED) is 0.578. The Labute approximate surface area is 95.8 Å². The zero-order valence-corrected chi connectivity index (χ0v) is 10.3. The minimum absolute atomic E-state index is 0.910. The lowest BCUT2D eigenvalue weighted by molar-refractivity contribution is 0.414. The van der Waals surface area contributed by atoms with Gasteiger partial charge in [0, 0.05) is 7.05 Å². The van der Waals surface area contributed by atoms with Gasteiger partial charge in [-0.2, -0.15) is 0 Å². The molecule has 0 aliphatic heterocycles. The number of ether oxygens (including phenoxy) is 1. The average Bonchev–Trinajstić information content (AvgIpc) is 2.31. The van der Waals surface area contributed by atoms with Crippen LogP contribution in [0.5, 0.6) is 5.75 Å². The van der Waals surface area contributed by atoms with E-state index in [1.54, 1.807) is 18.9 Å². The van der Waals surface area contributed by atoms with Gasteiger partial charge in [-0.05, 0) is 36.8 Å². The van der Waals surface area contributed by atoms with E-state index in [9.17, 15) is 0 Å². The van der Waals surface area contributed by atoms with Gasteiger partial charge >= 0.3 is 0 Å². The van der Waals surface area contributed by atoms with Crippen LogP contribution in [0.1, 0.15) is 12.0 Å². The maximum absolute atomic E-state index is 5.11. The first kappa shape index (κ1) is 12.1. The molecule has 0 spiro atoms. The molecule has 0 fully saturated rings. The average molecular weight is 223 g/mol. The highest BCUT2D eigenvalue weighted by Crippen LogP contribution is 2.14. The van der Waals surface area contributed by atoms with Crippen LogP contribution in [0.2, 0.25) is 0 Å². The molecule has 0 aliphatic rings. The van der Waals surface area contributed by atoms with E-state index >= 15 is 0 Å². The molecule has 0 atom stereocenters. The summed E-state index contributed by atoms with van der Waals surface area (Å²) in [5, 5.41) is 1.20. The molecule has 0 unspecified atom stereocenters. The zero-order chi connectivity index (χ0) is 11.1. The van der Waals surface area contributed by atoms with Gasteiger partial charge in [-0.1, -0.05) is 12.1 Å². The molecule has 0 radical (unpaired) electrons. The molecular formula is C12H17NOS. The van der Waals surface area contributed by atoms with Crippen LogP contribution in [-0.2, 0) is 6.42 Å². The van der Waals surface area contributed by atoms with Crippen molar-refractivity contribution >= 4 is 16.8 Å². The van der Waals surface area contributed by atoms with E-state index in [1.807, 2.05) is 19.2 Å². The number of aliphatic imine (C=N–C) groups is 1. The second-order valence-corrected chi connectivity index (χ2v) is 4.05. The monoisotopic (exact) mass is 223 g/mol. The predicted molar refractivity (Wildman–Crippen MR) is 68.2 cm³/mol. The largest absolute Gasteiger partial charge is 0.497 e. The van der Waals surface area contributed by atoms with Crippen LogP contribution >= 0.6 is 11.8 Å². The van der Waals surface area contributed by atoms with Crippen molar-refractivity contribution in [2.75, 3.05) is 20.4 Å². The van der Waals surface area contributed by atoms with Gasteiger partial charge in [-0.3, -0.25) is 4.99 Å². The number of thioether (sulfide) groups is 1. The van der Waals surface area contributed by atoms with Gasteiger partial charge in [0.05, 0.1) is 12.2 Å². The van der Waals surface area contributed by atoms with E-state index < -0.39 is 0 Å². The van der Waals surface area contributed by atoms with Crippen LogP contribution in [0.3, 0.4) is 0 Å². The van der Waals surface area contributed by atoms with Crippen molar-refractivity contribution in [3.63, 3.8) is 0 Å². The molecule has 0 saturated carbocycles. The summed E-state index contributed by atoms with van der Waals surface area (Å²) >= 11 is 1.72. The Hall–Kier alpha value is -0.960. The van der Waals surface area contributed by atoms with E-state index in [-0.39, 0.29) is 0 Å².